The average molecular weight is 566 g/mol. The Morgan fingerprint density at radius 1 is 0.800 bits per heavy atom. The van der Waals surface area contributed by atoms with Crippen molar-refractivity contribution in [3.63, 3.8) is 0 Å². The number of nitrogens with one attached hydrogen (secondary N) is 4. The van der Waals surface area contributed by atoms with Crippen LogP contribution in [0, 0.1) is 0 Å². The molecule has 0 unspecified atom stereocenters. The first-order valence-electron chi connectivity index (χ1n) is 12.5. The molecule has 0 aliphatic rings. The summed E-state index contributed by atoms with van der Waals surface area (Å²) in [4.78, 5) is 72.1. The second-order valence-corrected chi connectivity index (χ2v) is 10.8. The molecule has 14 heteroatoms. The van der Waals surface area contributed by atoms with Crippen molar-refractivity contribution in [3.8, 4) is 5.75 Å². The molecule has 0 aliphatic carbocycles. The van der Waals surface area contributed by atoms with E-state index in [1.807, 2.05) is 0 Å². The van der Waals surface area contributed by atoms with Crippen molar-refractivity contribution in [2.45, 2.75) is 78.2 Å². The van der Waals surface area contributed by atoms with Crippen LogP contribution in [-0.2, 0) is 35.1 Å². The van der Waals surface area contributed by atoms with Gasteiger partial charge in [-0.2, -0.15) is 0 Å². The highest BCUT2D eigenvalue weighted by molar-refractivity contribution is 5.93. The van der Waals surface area contributed by atoms with Gasteiger partial charge in [0.25, 0.3) is 0 Å². The average Bonchev–Trinajstić information content (AvgIpc) is 2.79. The van der Waals surface area contributed by atoms with E-state index in [1.54, 1.807) is 53.7 Å². The third-order valence-corrected chi connectivity index (χ3v) is 4.60. The van der Waals surface area contributed by atoms with Crippen molar-refractivity contribution in [1.29, 1.82) is 0 Å². The molecule has 40 heavy (non-hydrogen) atoms. The van der Waals surface area contributed by atoms with Gasteiger partial charge in [0, 0.05) is 6.42 Å². The van der Waals surface area contributed by atoms with E-state index < -0.39 is 65.7 Å². The Labute approximate surface area is 233 Å². The van der Waals surface area contributed by atoms with E-state index in [1.165, 1.54) is 19.1 Å². The monoisotopic (exact) mass is 565 g/mol. The largest absolute Gasteiger partial charge is 0.514 e. The maximum Gasteiger partial charge on any atom is 0.514 e. The van der Waals surface area contributed by atoms with Crippen LogP contribution >= 0.6 is 0 Å². The summed E-state index contributed by atoms with van der Waals surface area (Å²) in [5.74, 6) is -2.55. The van der Waals surface area contributed by atoms with E-state index in [4.69, 9.17) is 19.9 Å². The van der Waals surface area contributed by atoms with Gasteiger partial charge in [-0.1, -0.05) is 12.1 Å². The summed E-state index contributed by atoms with van der Waals surface area (Å²) in [6, 6.07) is 3.96. The standard InChI is InChI=1S/C26H39N5O9/c1-15(21(34)29-14-20(33)28-13-19(27)32)30-22(35)18(31-23(36)39-25(2,3)4)12-16-8-10-17(11-9-16)38-24(37)40-26(5,6)7/h8-11,15,18H,12-14H2,1-7H3,(H2,27,32)(H,28,33)(H,29,34)(H,30,35)(H,31,36)/t15-,18-/m0/s1. The summed E-state index contributed by atoms with van der Waals surface area (Å²) < 4.78 is 15.5. The Hall–Kier alpha value is -4.36. The number of amides is 5. The summed E-state index contributed by atoms with van der Waals surface area (Å²) in [6.07, 6.45) is -1.72. The van der Waals surface area contributed by atoms with Gasteiger partial charge in [0.2, 0.25) is 23.6 Å². The Balaban J connectivity index is 2.89. The second-order valence-electron chi connectivity index (χ2n) is 10.8. The Morgan fingerprint density at radius 2 is 1.38 bits per heavy atom. The van der Waals surface area contributed by atoms with Crippen molar-refractivity contribution in [3.05, 3.63) is 29.8 Å². The number of rotatable bonds is 11. The topological polar surface area (TPSA) is 204 Å². The highest BCUT2D eigenvalue weighted by Gasteiger charge is 2.27. The minimum absolute atomic E-state index is 0.00164. The number of alkyl carbamates (subject to hydrolysis) is 1. The minimum Gasteiger partial charge on any atom is -0.444 e. The van der Waals surface area contributed by atoms with Gasteiger partial charge in [0.15, 0.2) is 0 Å². The molecule has 0 aliphatic heterocycles. The molecule has 0 bridgehead atoms. The third-order valence-electron chi connectivity index (χ3n) is 4.60. The fraction of sp³-hybridized carbons (Fsp3) is 0.538. The van der Waals surface area contributed by atoms with Crippen LogP contribution in [0.15, 0.2) is 24.3 Å². The van der Waals surface area contributed by atoms with Crippen LogP contribution in [0.1, 0.15) is 54.0 Å². The van der Waals surface area contributed by atoms with E-state index in [0.29, 0.717) is 5.56 Å². The molecule has 0 radical (unpaired) electrons. The van der Waals surface area contributed by atoms with E-state index in [9.17, 15) is 28.8 Å². The molecule has 0 saturated heterocycles. The van der Waals surface area contributed by atoms with Crippen molar-refractivity contribution in [2.24, 2.45) is 5.73 Å². The molecular weight excluding hydrogens is 526 g/mol. The van der Waals surface area contributed by atoms with Crippen molar-refractivity contribution in [2.75, 3.05) is 13.1 Å². The quantitative estimate of drug-likeness (QED) is 0.188. The number of ether oxygens (including phenoxy) is 3. The summed E-state index contributed by atoms with van der Waals surface area (Å²) in [5.41, 5.74) is 3.99. The zero-order valence-electron chi connectivity index (χ0n) is 23.8. The molecule has 2 atom stereocenters. The maximum absolute atomic E-state index is 13.0. The van der Waals surface area contributed by atoms with Crippen LogP contribution in [0.4, 0.5) is 9.59 Å². The lowest BCUT2D eigenvalue weighted by Gasteiger charge is -2.24. The number of benzene rings is 1. The van der Waals surface area contributed by atoms with Crippen LogP contribution in [0.2, 0.25) is 0 Å². The van der Waals surface area contributed by atoms with Crippen LogP contribution < -0.4 is 31.7 Å². The highest BCUT2D eigenvalue weighted by atomic mass is 16.7. The van der Waals surface area contributed by atoms with Gasteiger partial charge >= 0.3 is 12.2 Å². The molecule has 0 fully saturated rings. The van der Waals surface area contributed by atoms with E-state index >= 15 is 0 Å². The zero-order valence-corrected chi connectivity index (χ0v) is 23.8. The van der Waals surface area contributed by atoms with Gasteiger partial charge < -0.3 is 41.2 Å². The Morgan fingerprint density at radius 3 is 1.90 bits per heavy atom. The summed E-state index contributed by atoms with van der Waals surface area (Å²) in [7, 11) is 0. The SMILES string of the molecule is C[C@H](NC(=O)[C@H](Cc1ccc(OC(=O)OC(C)(C)C)cc1)NC(=O)OC(C)(C)C)C(=O)NCC(=O)NCC(N)=O. The molecular formula is C26H39N5O9. The molecule has 0 aromatic heterocycles. The van der Waals surface area contributed by atoms with E-state index in [-0.39, 0.29) is 18.7 Å². The number of hydrogen-bond acceptors (Lipinski definition) is 9. The predicted octanol–water partition coefficient (Wildman–Crippen LogP) is 0.659. The van der Waals surface area contributed by atoms with Gasteiger partial charge in [0.05, 0.1) is 13.1 Å². The lowest BCUT2D eigenvalue weighted by Crippen LogP contribution is -2.54. The summed E-state index contributed by atoms with van der Waals surface area (Å²) >= 11 is 0. The molecule has 1 aromatic carbocycles. The van der Waals surface area contributed by atoms with Gasteiger partial charge in [-0.25, -0.2) is 9.59 Å². The number of carbonyl (C=O) groups is 6. The summed E-state index contributed by atoms with van der Waals surface area (Å²) in [5, 5.41) is 9.53. The van der Waals surface area contributed by atoms with Crippen molar-refractivity contribution in [1.82, 2.24) is 21.3 Å². The predicted molar refractivity (Wildman–Crippen MR) is 143 cm³/mol. The van der Waals surface area contributed by atoms with Crippen molar-refractivity contribution >= 4 is 35.9 Å². The van der Waals surface area contributed by atoms with Crippen LogP contribution in [0.3, 0.4) is 0 Å². The minimum atomic E-state index is -1.15. The Kier molecular flexibility index (Phi) is 12.4. The molecule has 14 nitrogen and oxygen atoms in total. The molecule has 0 saturated carbocycles. The molecule has 0 heterocycles. The molecule has 1 aromatic rings. The number of hydrogen-bond donors (Lipinski definition) is 5. The number of carbonyl (C=O) groups excluding carboxylic acids is 6. The van der Waals surface area contributed by atoms with Crippen molar-refractivity contribution < 1.29 is 43.0 Å². The lowest BCUT2D eigenvalue weighted by atomic mass is 10.0. The third kappa shape index (κ3) is 14.5. The molecule has 0 spiro atoms. The van der Waals surface area contributed by atoms with Crippen LogP contribution in [0.25, 0.3) is 0 Å². The first kappa shape index (κ1) is 33.7. The fourth-order valence-corrected chi connectivity index (χ4v) is 2.90. The smallest absolute Gasteiger partial charge is 0.444 e. The number of primary amides is 1. The Bertz CT molecular complexity index is 1080. The van der Waals surface area contributed by atoms with Gasteiger partial charge in [-0.15, -0.1) is 0 Å². The van der Waals surface area contributed by atoms with Gasteiger partial charge in [-0.05, 0) is 66.2 Å². The normalized spacial score (nSPS) is 12.7. The maximum atomic E-state index is 13.0. The highest BCUT2D eigenvalue weighted by Crippen LogP contribution is 2.17. The fourth-order valence-electron chi connectivity index (χ4n) is 2.90. The second kappa shape index (κ2) is 14.7. The first-order valence-corrected chi connectivity index (χ1v) is 12.5. The number of nitrogens with two attached hydrogens (primary N) is 1. The molecule has 6 N–H and O–H groups in total. The molecule has 222 valence electrons. The van der Waals surface area contributed by atoms with Gasteiger partial charge in [-0.3, -0.25) is 19.2 Å². The van der Waals surface area contributed by atoms with E-state index in [2.05, 4.69) is 21.3 Å². The van der Waals surface area contributed by atoms with Crippen LogP contribution in [-0.4, -0.2) is 72.3 Å². The van der Waals surface area contributed by atoms with Crippen LogP contribution in [0.5, 0.6) is 5.75 Å². The van der Waals surface area contributed by atoms with Gasteiger partial charge in [0.1, 0.15) is 29.0 Å². The zero-order chi connectivity index (χ0) is 30.7. The molecule has 5 amide bonds. The first-order chi connectivity index (χ1) is 18.3. The molecule has 1 rings (SSSR count). The lowest BCUT2D eigenvalue weighted by molar-refractivity contribution is -0.131. The summed E-state index contributed by atoms with van der Waals surface area (Å²) in [6.45, 7) is 10.7. The van der Waals surface area contributed by atoms with E-state index in [0.717, 1.165) is 0 Å².